The second-order valence-corrected chi connectivity index (χ2v) is 9.00. The Bertz CT molecular complexity index is 912. The predicted molar refractivity (Wildman–Crippen MR) is 112 cm³/mol. The van der Waals surface area contributed by atoms with Crippen LogP contribution in [0.15, 0.2) is 54.6 Å². The lowest BCUT2D eigenvalue weighted by atomic mass is 10.2. The first-order valence-corrected chi connectivity index (χ1v) is 11.3. The van der Waals surface area contributed by atoms with Crippen LogP contribution in [-0.4, -0.2) is 62.8 Å². The lowest BCUT2D eigenvalue weighted by Gasteiger charge is -2.34. The molecule has 6 nitrogen and oxygen atoms in total. The summed E-state index contributed by atoms with van der Waals surface area (Å²) in [5, 5.41) is 0. The zero-order valence-corrected chi connectivity index (χ0v) is 17.3. The summed E-state index contributed by atoms with van der Waals surface area (Å²) in [6.45, 7) is 4.29. The van der Waals surface area contributed by atoms with Gasteiger partial charge >= 0.3 is 0 Å². The number of nitrogens with zero attached hydrogens (tertiary/aromatic N) is 3. The number of rotatable bonds is 7. The van der Waals surface area contributed by atoms with Crippen molar-refractivity contribution >= 4 is 21.6 Å². The summed E-state index contributed by atoms with van der Waals surface area (Å²) < 4.78 is 39.9. The van der Waals surface area contributed by atoms with Crippen molar-refractivity contribution in [1.29, 1.82) is 0 Å². The van der Waals surface area contributed by atoms with Gasteiger partial charge in [-0.1, -0.05) is 30.3 Å². The summed E-state index contributed by atoms with van der Waals surface area (Å²) in [5.41, 5.74) is 1.42. The maximum Gasteiger partial charge on any atom is 0.241 e. The molecule has 0 radical (unpaired) electrons. The number of anilines is 1. The third kappa shape index (κ3) is 5.62. The molecule has 0 aliphatic carbocycles. The lowest BCUT2D eigenvalue weighted by Crippen LogP contribution is -2.51. The first-order chi connectivity index (χ1) is 13.9. The van der Waals surface area contributed by atoms with Crippen LogP contribution in [-0.2, 0) is 20.6 Å². The zero-order chi connectivity index (χ0) is 20.9. The minimum Gasteiger partial charge on any atom is -0.312 e. The number of amides is 1. The number of piperazine rings is 1. The first-order valence-electron chi connectivity index (χ1n) is 9.69. The van der Waals surface area contributed by atoms with Crippen molar-refractivity contribution in [2.24, 2.45) is 0 Å². The van der Waals surface area contributed by atoms with E-state index in [1.807, 2.05) is 30.0 Å². The average Bonchev–Trinajstić information content (AvgIpc) is 2.71. The standard InChI is InChI=1S/C21H26FN3O3S/c1-2-25(20-10-8-19(22)9-11-20)21(26)16-23-12-14-24(15-13-23)29(27,28)17-18-6-4-3-5-7-18/h3-11H,2,12-17H2,1H3. The third-order valence-corrected chi connectivity index (χ3v) is 6.88. The van der Waals surface area contributed by atoms with Crippen LogP contribution >= 0.6 is 0 Å². The van der Waals surface area contributed by atoms with Crippen LogP contribution in [0.1, 0.15) is 12.5 Å². The maximum atomic E-state index is 13.1. The van der Waals surface area contributed by atoms with Gasteiger partial charge in [0.2, 0.25) is 15.9 Å². The van der Waals surface area contributed by atoms with Crippen LogP contribution in [0.5, 0.6) is 0 Å². The molecule has 0 N–H and O–H groups in total. The first kappa shape index (κ1) is 21.4. The molecule has 0 atom stereocenters. The fraction of sp³-hybridized carbons (Fsp3) is 0.381. The molecule has 2 aromatic carbocycles. The van der Waals surface area contributed by atoms with Gasteiger partial charge in [0.05, 0.1) is 12.3 Å². The topological polar surface area (TPSA) is 60.9 Å². The van der Waals surface area contributed by atoms with Crippen LogP contribution < -0.4 is 4.90 Å². The molecular weight excluding hydrogens is 393 g/mol. The van der Waals surface area contributed by atoms with E-state index in [9.17, 15) is 17.6 Å². The number of carbonyl (C=O) groups excluding carboxylic acids is 1. The molecule has 1 saturated heterocycles. The summed E-state index contributed by atoms with van der Waals surface area (Å²) in [5.74, 6) is -0.439. The van der Waals surface area contributed by atoms with E-state index in [-0.39, 0.29) is 24.0 Å². The van der Waals surface area contributed by atoms with Crippen molar-refractivity contribution in [3.63, 3.8) is 0 Å². The molecular formula is C21H26FN3O3S. The van der Waals surface area contributed by atoms with Gasteiger partial charge in [-0.2, -0.15) is 4.31 Å². The number of hydrogen-bond acceptors (Lipinski definition) is 4. The fourth-order valence-corrected chi connectivity index (χ4v) is 4.96. The Hall–Kier alpha value is -2.29. The van der Waals surface area contributed by atoms with Crippen LogP contribution in [0.4, 0.5) is 10.1 Å². The Morgan fingerprint density at radius 1 is 1.00 bits per heavy atom. The molecule has 1 aliphatic heterocycles. The summed E-state index contributed by atoms with van der Waals surface area (Å²) in [6.07, 6.45) is 0. The Labute approximate surface area is 171 Å². The van der Waals surface area contributed by atoms with Crippen LogP contribution in [0, 0.1) is 5.82 Å². The monoisotopic (exact) mass is 419 g/mol. The molecule has 29 heavy (non-hydrogen) atoms. The van der Waals surface area contributed by atoms with E-state index in [1.54, 1.807) is 29.2 Å². The average molecular weight is 420 g/mol. The van der Waals surface area contributed by atoms with Gasteiger partial charge < -0.3 is 4.90 Å². The van der Waals surface area contributed by atoms with Gasteiger partial charge in [-0.15, -0.1) is 0 Å². The van der Waals surface area contributed by atoms with Crippen molar-refractivity contribution in [1.82, 2.24) is 9.21 Å². The molecule has 0 bridgehead atoms. The van der Waals surface area contributed by atoms with Crippen molar-refractivity contribution < 1.29 is 17.6 Å². The van der Waals surface area contributed by atoms with E-state index < -0.39 is 10.0 Å². The lowest BCUT2D eigenvalue weighted by molar-refractivity contribution is -0.120. The fourth-order valence-electron chi connectivity index (χ4n) is 3.44. The largest absolute Gasteiger partial charge is 0.312 e. The van der Waals surface area contributed by atoms with Crippen LogP contribution in [0.3, 0.4) is 0 Å². The highest BCUT2D eigenvalue weighted by Crippen LogP contribution is 2.17. The summed E-state index contributed by atoms with van der Waals surface area (Å²) in [4.78, 5) is 16.3. The van der Waals surface area contributed by atoms with E-state index in [2.05, 4.69) is 0 Å². The Balaban J connectivity index is 1.55. The van der Waals surface area contributed by atoms with Crippen molar-refractivity contribution in [3.05, 3.63) is 66.0 Å². The highest BCUT2D eigenvalue weighted by Gasteiger charge is 2.28. The molecule has 1 amide bonds. The number of likely N-dealkylation sites (N-methyl/N-ethyl adjacent to an activating group) is 1. The van der Waals surface area contributed by atoms with E-state index in [0.29, 0.717) is 38.4 Å². The summed E-state index contributed by atoms with van der Waals surface area (Å²) in [7, 11) is -3.38. The zero-order valence-electron chi connectivity index (χ0n) is 16.5. The molecule has 2 aromatic rings. The van der Waals surface area contributed by atoms with Crippen molar-refractivity contribution in [2.45, 2.75) is 12.7 Å². The normalized spacial score (nSPS) is 15.9. The number of benzene rings is 2. The number of sulfonamides is 1. The minimum absolute atomic E-state index is 0.0129. The second kappa shape index (κ2) is 9.47. The van der Waals surface area contributed by atoms with Crippen LogP contribution in [0.25, 0.3) is 0 Å². The van der Waals surface area contributed by atoms with Gasteiger partial charge in [-0.3, -0.25) is 9.69 Å². The maximum absolute atomic E-state index is 13.1. The van der Waals surface area contributed by atoms with Gasteiger partial charge in [0.15, 0.2) is 0 Å². The van der Waals surface area contributed by atoms with Gasteiger partial charge in [0.1, 0.15) is 5.82 Å². The number of hydrogen-bond donors (Lipinski definition) is 0. The summed E-state index contributed by atoms with van der Waals surface area (Å²) in [6, 6.07) is 15.0. The van der Waals surface area contributed by atoms with Gasteiger partial charge in [0, 0.05) is 38.4 Å². The van der Waals surface area contributed by atoms with Crippen molar-refractivity contribution in [2.75, 3.05) is 44.2 Å². The van der Waals surface area contributed by atoms with Crippen molar-refractivity contribution in [3.8, 4) is 0 Å². The van der Waals surface area contributed by atoms with E-state index in [0.717, 1.165) is 5.56 Å². The Kier molecular flexibility index (Phi) is 7.00. The highest BCUT2D eigenvalue weighted by atomic mass is 32.2. The molecule has 0 saturated carbocycles. The van der Waals surface area contributed by atoms with Gasteiger partial charge in [-0.25, -0.2) is 12.8 Å². The highest BCUT2D eigenvalue weighted by molar-refractivity contribution is 7.88. The van der Waals surface area contributed by atoms with Gasteiger partial charge in [0.25, 0.3) is 0 Å². The second-order valence-electron chi connectivity index (χ2n) is 7.03. The predicted octanol–water partition coefficient (Wildman–Crippen LogP) is 2.33. The molecule has 3 rings (SSSR count). The van der Waals surface area contributed by atoms with Gasteiger partial charge in [-0.05, 0) is 36.8 Å². The van der Waals surface area contributed by atoms with Crippen LogP contribution in [0.2, 0.25) is 0 Å². The molecule has 1 aliphatic rings. The number of carbonyl (C=O) groups is 1. The molecule has 156 valence electrons. The minimum atomic E-state index is -3.38. The van der Waals surface area contributed by atoms with E-state index >= 15 is 0 Å². The molecule has 0 unspecified atom stereocenters. The molecule has 1 fully saturated rings. The smallest absolute Gasteiger partial charge is 0.241 e. The number of halogens is 1. The summed E-state index contributed by atoms with van der Waals surface area (Å²) >= 11 is 0. The quantitative estimate of drug-likeness (QED) is 0.691. The van der Waals surface area contributed by atoms with E-state index in [4.69, 9.17) is 0 Å². The molecule has 8 heteroatoms. The Morgan fingerprint density at radius 3 is 2.21 bits per heavy atom. The molecule has 1 heterocycles. The molecule has 0 spiro atoms. The SMILES string of the molecule is CCN(C(=O)CN1CCN(S(=O)(=O)Cc2ccccc2)CC1)c1ccc(F)cc1. The van der Waals surface area contributed by atoms with E-state index in [1.165, 1.54) is 16.4 Å². The molecule has 0 aromatic heterocycles. The third-order valence-electron chi connectivity index (χ3n) is 5.03. The Morgan fingerprint density at radius 2 is 1.62 bits per heavy atom.